The molecule has 0 aliphatic rings. The summed E-state index contributed by atoms with van der Waals surface area (Å²) in [6.45, 7) is 6.76. The standard InChI is InChI=1S/C14H21NO4S/c1-10(2)19-13(16)9-15(20(5,17)18)14-11(3)7-6-8-12(14)4/h6-8,10H,9H2,1-5H3. The number of rotatable bonds is 5. The number of hydrogen-bond donors (Lipinski definition) is 0. The third kappa shape index (κ3) is 4.23. The molecule has 112 valence electrons. The van der Waals surface area contributed by atoms with Crippen LogP contribution in [-0.2, 0) is 19.6 Å². The van der Waals surface area contributed by atoms with E-state index in [0.29, 0.717) is 5.69 Å². The molecule has 0 saturated heterocycles. The molecule has 0 saturated carbocycles. The second-order valence-electron chi connectivity index (χ2n) is 5.05. The predicted molar refractivity (Wildman–Crippen MR) is 79.3 cm³/mol. The van der Waals surface area contributed by atoms with Gasteiger partial charge < -0.3 is 4.74 Å². The van der Waals surface area contributed by atoms with Crippen LogP contribution in [-0.4, -0.2) is 33.3 Å². The molecular formula is C14H21NO4S. The van der Waals surface area contributed by atoms with E-state index in [1.54, 1.807) is 13.8 Å². The Balaban J connectivity index is 3.19. The van der Waals surface area contributed by atoms with Gasteiger partial charge in [0.15, 0.2) is 0 Å². The zero-order valence-electron chi connectivity index (χ0n) is 12.5. The number of ether oxygens (including phenoxy) is 1. The molecule has 0 aliphatic heterocycles. The van der Waals surface area contributed by atoms with Gasteiger partial charge in [0.05, 0.1) is 18.0 Å². The highest BCUT2D eigenvalue weighted by Crippen LogP contribution is 2.26. The molecule has 0 bridgehead atoms. The Morgan fingerprint density at radius 1 is 1.25 bits per heavy atom. The molecule has 1 aromatic rings. The van der Waals surface area contributed by atoms with Crippen molar-refractivity contribution in [1.29, 1.82) is 0 Å². The maximum atomic E-state index is 12.0. The van der Waals surface area contributed by atoms with Crippen molar-refractivity contribution in [3.8, 4) is 0 Å². The highest BCUT2D eigenvalue weighted by atomic mass is 32.2. The molecule has 1 rings (SSSR count). The Morgan fingerprint density at radius 3 is 2.15 bits per heavy atom. The van der Waals surface area contributed by atoms with E-state index in [0.717, 1.165) is 21.7 Å². The summed E-state index contributed by atoms with van der Waals surface area (Å²) in [6.07, 6.45) is 0.809. The van der Waals surface area contributed by atoms with E-state index in [4.69, 9.17) is 4.74 Å². The van der Waals surface area contributed by atoms with Gasteiger partial charge in [0.25, 0.3) is 0 Å². The highest BCUT2D eigenvalue weighted by Gasteiger charge is 2.24. The van der Waals surface area contributed by atoms with Crippen LogP contribution in [0.1, 0.15) is 25.0 Å². The summed E-state index contributed by atoms with van der Waals surface area (Å²) < 4.78 is 30.1. The van der Waals surface area contributed by atoms with E-state index in [1.165, 1.54) is 0 Å². The molecule has 20 heavy (non-hydrogen) atoms. The quantitative estimate of drug-likeness (QED) is 0.780. The maximum Gasteiger partial charge on any atom is 0.327 e. The number of anilines is 1. The summed E-state index contributed by atoms with van der Waals surface area (Å²) in [7, 11) is -3.56. The van der Waals surface area contributed by atoms with Crippen molar-refractivity contribution in [3.63, 3.8) is 0 Å². The molecule has 5 nitrogen and oxygen atoms in total. The molecule has 0 atom stereocenters. The molecule has 0 radical (unpaired) electrons. The molecule has 0 N–H and O–H groups in total. The van der Waals surface area contributed by atoms with Crippen LogP contribution in [0.25, 0.3) is 0 Å². The molecule has 0 spiro atoms. The van der Waals surface area contributed by atoms with Crippen LogP contribution in [0, 0.1) is 13.8 Å². The van der Waals surface area contributed by atoms with Crippen molar-refractivity contribution in [2.75, 3.05) is 17.1 Å². The Bertz CT molecular complexity index is 573. The van der Waals surface area contributed by atoms with E-state index in [9.17, 15) is 13.2 Å². The van der Waals surface area contributed by atoms with E-state index >= 15 is 0 Å². The van der Waals surface area contributed by atoms with Crippen molar-refractivity contribution in [2.45, 2.75) is 33.8 Å². The van der Waals surface area contributed by atoms with Crippen molar-refractivity contribution in [2.24, 2.45) is 0 Å². The summed E-state index contributed by atoms with van der Waals surface area (Å²) in [5.74, 6) is -0.562. The van der Waals surface area contributed by atoms with Crippen LogP contribution >= 0.6 is 0 Å². The van der Waals surface area contributed by atoms with Crippen molar-refractivity contribution < 1.29 is 17.9 Å². The minimum absolute atomic E-state index is 0.276. The van der Waals surface area contributed by atoms with Crippen molar-refractivity contribution >= 4 is 21.7 Å². The SMILES string of the molecule is Cc1cccc(C)c1N(CC(=O)OC(C)C)S(C)(=O)=O. The summed E-state index contributed by atoms with van der Waals surface area (Å²) >= 11 is 0. The number of carbonyl (C=O) groups excluding carboxylic acids is 1. The first-order valence-corrected chi connectivity index (χ1v) is 8.21. The zero-order valence-corrected chi connectivity index (χ0v) is 13.3. The van der Waals surface area contributed by atoms with E-state index in [1.807, 2.05) is 32.0 Å². The van der Waals surface area contributed by atoms with E-state index < -0.39 is 16.0 Å². The lowest BCUT2D eigenvalue weighted by Gasteiger charge is -2.25. The number of nitrogens with zero attached hydrogens (tertiary/aromatic N) is 1. The number of carbonyl (C=O) groups is 1. The van der Waals surface area contributed by atoms with Crippen LogP contribution in [0.2, 0.25) is 0 Å². The summed E-state index contributed by atoms with van der Waals surface area (Å²) in [6, 6.07) is 5.48. The van der Waals surface area contributed by atoms with Crippen molar-refractivity contribution in [3.05, 3.63) is 29.3 Å². The molecule has 0 amide bonds. The molecule has 0 aliphatic carbocycles. The van der Waals surface area contributed by atoms with Crippen LogP contribution in [0.5, 0.6) is 0 Å². The molecule has 0 heterocycles. The maximum absolute atomic E-state index is 12.0. The minimum atomic E-state index is -3.56. The number of sulfonamides is 1. The van der Waals surface area contributed by atoms with Crippen LogP contribution < -0.4 is 4.31 Å². The number of esters is 1. The summed E-state index contributed by atoms with van der Waals surface area (Å²) in [5, 5.41) is 0. The Kier molecular flexibility index (Phi) is 5.16. The highest BCUT2D eigenvalue weighted by molar-refractivity contribution is 7.92. The first-order chi connectivity index (χ1) is 9.12. The van der Waals surface area contributed by atoms with Gasteiger partial charge in [0.2, 0.25) is 10.0 Å². The fourth-order valence-electron chi connectivity index (χ4n) is 1.98. The third-order valence-electron chi connectivity index (χ3n) is 2.73. The van der Waals surface area contributed by atoms with E-state index in [-0.39, 0.29) is 12.6 Å². The lowest BCUT2D eigenvalue weighted by atomic mass is 10.1. The third-order valence-corrected chi connectivity index (χ3v) is 3.84. The van der Waals surface area contributed by atoms with E-state index in [2.05, 4.69) is 0 Å². The number of hydrogen-bond acceptors (Lipinski definition) is 4. The molecular weight excluding hydrogens is 278 g/mol. The van der Waals surface area contributed by atoms with Gasteiger partial charge in [0.1, 0.15) is 6.54 Å². The lowest BCUT2D eigenvalue weighted by molar-refractivity contribution is -0.145. The lowest BCUT2D eigenvalue weighted by Crippen LogP contribution is -2.37. The Hall–Kier alpha value is -1.56. The molecule has 0 fully saturated rings. The summed E-state index contributed by atoms with van der Waals surface area (Å²) in [5.41, 5.74) is 2.14. The van der Waals surface area contributed by atoms with Crippen LogP contribution in [0.15, 0.2) is 18.2 Å². The summed E-state index contributed by atoms with van der Waals surface area (Å²) in [4.78, 5) is 11.8. The molecule has 6 heteroatoms. The normalized spacial score (nSPS) is 11.5. The van der Waals surface area contributed by atoms with Gasteiger partial charge in [-0.3, -0.25) is 9.10 Å². The fraction of sp³-hybridized carbons (Fsp3) is 0.500. The van der Waals surface area contributed by atoms with Crippen molar-refractivity contribution in [1.82, 2.24) is 0 Å². The second-order valence-corrected chi connectivity index (χ2v) is 6.96. The number of benzene rings is 1. The average molecular weight is 299 g/mol. The monoisotopic (exact) mass is 299 g/mol. The zero-order chi connectivity index (χ0) is 15.5. The minimum Gasteiger partial charge on any atom is -0.462 e. The van der Waals surface area contributed by atoms with Gasteiger partial charge in [-0.05, 0) is 38.8 Å². The number of aryl methyl sites for hydroxylation is 2. The second kappa shape index (κ2) is 6.26. The Labute approximate surface area is 120 Å². The van der Waals surface area contributed by atoms with Gasteiger partial charge in [-0.1, -0.05) is 18.2 Å². The first kappa shape index (κ1) is 16.5. The van der Waals surface area contributed by atoms with Gasteiger partial charge in [-0.25, -0.2) is 8.42 Å². The average Bonchev–Trinajstić information content (AvgIpc) is 2.24. The van der Waals surface area contributed by atoms with Gasteiger partial charge >= 0.3 is 5.97 Å². The smallest absolute Gasteiger partial charge is 0.327 e. The predicted octanol–water partition coefficient (Wildman–Crippen LogP) is 2.02. The first-order valence-electron chi connectivity index (χ1n) is 6.36. The van der Waals surface area contributed by atoms with Crippen LogP contribution in [0.4, 0.5) is 5.69 Å². The molecule has 0 aromatic heterocycles. The molecule has 0 unspecified atom stereocenters. The van der Waals surface area contributed by atoms with Gasteiger partial charge in [-0.2, -0.15) is 0 Å². The Morgan fingerprint density at radius 2 is 1.75 bits per heavy atom. The molecule has 1 aromatic carbocycles. The van der Waals surface area contributed by atoms with Gasteiger partial charge in [-0.15, -0.1) is 0 Å². The van der Waals surface area contributed by atoms with Gasteiger partial charge in [0, 0.05) is 0 Å². The number of para-hydroxylation sites is 1. The topological polar surface area (TPSA) is 63.7 Å². The fourth-order valence-corrected chi connectivity index (χ4v) is 2.94. The van der Waals surface area contributed by atoms with Crippen LogP contribution in [0.3, 0.4) is 0 Å². The largest absolute Gasteiger partial charge is 0.462 e.